The van der Waals surface area contributed by atoms with E-state index in [4.69, 9.17) is 0 Å². The quantitative estimate of drug-likeness (QED) is 0.731. The summed E-state index contributed by atoms with van der Waals surface area (Å²) in [6.07, 6.45) is 1.87. The second-order valence-electron chi connectivity index (χ2n) is 5.12. The summed E-state index contributed by atoms with van der Waals surface area (Å²) >= 11 is 0. The lowest BCUT2D eigenvalue weighted by molar-refractivity contribution is 0.0920. The number of hydrogen-bond donors (Lipinski definition) is 1. The molecule has 0 aliphatic carbocycles. The molecule has 4 rings (SSSR count). The van der Waals surface area contributed by atoms with E-state index in [0.717, 1.165) is 17.4 Å². The van der Waals surface area contributed by atoms with Crippen LogP contribution in [0.4, 0.5) is 0 Å². The van der Waals surface area contributed by atoms with Gasteiger partial charge in [-0.15, -0.1) is 0 Å². The van der Waals surface area contributed by atoms with Crippen LogP contribution >= 0.6 is 0 Å². The zero-order valence-electron chi connectivity index (χ0n) is 11.0. The highest BCUT2D eigenvalue weighted by Crippen LogP contribution is 2.29. The third-order valence-electron chi connectivity index (χ3n) is 3.83. The summed E-state index contributed by atoms with van der Waals surface area (Å²) < 4.78 is 1.76. The van der Waals surface area contributed by atoms with Gasteiger partial charge in [-0.1, -0.05) is 30.3 Å². The predicted octanol–water partition coefficient (Wildman–Crippen LogP) is 3.05. The Morgan fingerprint density at radius 2 is 1.80 bits per heavy atom. The SMILES string of the molecule is O=C1CNCc2cc(-c3ccccc3)cc3ccn1c23. The van der Waals surface area contributed by atoms with E-state index in [1.54, 1.807) is 4.57 Å². The van der Waals surface area contributed by atoms with Gasteiger partial charge in [-0.05, 0) is 34.9 Å². The van der Waals surface area contributed by atoms with Crippen LogP contribution in [-0.4, -0.2) is 17.0 Å². The van der Waals surface area contributed by atoms with E-state index in [9.17, 15) is 4.79 Å². The third kappa shape index (κ3) is 1.67. The van der Waals surface area contributed by atoms with E-state index in [1.807, 2.05) is 30.5 Å². The zero-order valence-corrected chi connectivity index (χ0v) is 11.0. The Morgan fingerprint density at radius 1 is 0.950 bits per heavy atom. The highest BCUT2D eigenvalue weighted by molar-refractivity contribution is 5.97. The molecule has 0 fully saturated rings. The minimum absolute atomic E-state index is 0.103. The molecule has 20 heavy (non-hydrogen) atoms. The van der Waals surface area contributed by atoms with E-state index < -0.39 is 0 Å². The topological polar surface area (TPSA) is 34.0 Å². The van der Waals surface area contributed by atoms with Crippen LogP contribution in [0.1, 0.15) is 10.4 Å². The largest absolute Gasteiger partial charge is 0.304 e. The Labute approximate surface area is 116 Å². The van der Waals surface area contributed by atoms with Crippen molar-refractivity contribution in [1.82, 2.24) is 9.88 Å². The Bertz CT molecular complexity index is 802. The molecular weight excluding hydrogens is 248 g/mol. The molecule has 3 heteroatoms. The summed E-state index contributed by atoms with van der Waals surface area (Å²) in [5.41, 5.74) is 4.62. The molecule has 0 unspecified atom stereocenters. The van der Waals surface area contributed by atoms with E-state index in [0.29, 0.717) is 6.54 Å². The molecule has 3 aromatic rings. The summed E-state index contributed by atoms with van der Waals surface area (Å²) in [4.78, 5) is 12.0. The van der Waals surface area contributed by atoms with Crippen molar-refractivity contribution in [1.29, 1.82) is 0 Å². The normalized spacial score (nSPS) is 14.5. The molecule has 1 aliphatic rings. The van der Waals surface area contributed by atoms with Gasteiger partial charge in [-0.3, -0.25) is 9.36 Å². The van der Waals surface area contributed by atoms with Crippen molar-refractivity contribution in [2.24, 2.45) is 0 Å². The van der Waals surface area contributed by atoms with Crippen LogP contribution < -0.4 is 5.32 Å². The van der Waals surface area contributed by atoms with Gasteiger partial charge >= 0.3 is 0 Å². The highest BCUT2D eigenvalue weighted by atomic mass is 16.2. The number of nitrogens with one attached hydrogen (secondary N) is 1. The lowest BCUT2D eigenvalue weighted by Crippen LogP contribution is -2.23. The van der Waals surface area contributed by atoms with Gasteiger partial charge in [0, 0.05) is 18.1 Å². The maximum Gasteiger partial charge on any atom is 0.245 e. The number of rotatable bonds is 1. The summed E-state index contributed by atoms with van der Waals surface area (Å²) in [6.45, 7) is 1.12. The molecule has 98 valence electrons. The molecule has 0 saturated heterocycles. The average molecular weight is 262 g/mol. The molecular formula is C17H14N2O. The summed E-state index contributed by atoms with van der Waals surface area (Å²) in [6, 6.07) is 16.7. The van der Waals surface area contributed by atoms with Crippen molar-refractivity contribution in [2.75, 3.05) is 6.54 Å². The first-order valence-electron chi connectivity index (χ1n) is 6.76. The second kappa shape index (κ2) is 4.32. The Balaban J connectivity index is 1.99. The lowest BCUT2D eigenvalue weighted by Gasteiger charge is -2.08. The van der Waals surface area contributed by atoms with Crippen LogP contribution in [0.15, 0.2) is 54.7 Å². The number of benzene rings is 2. The van der Waals surface area contributed by atoms with Gasteiger partial charge in [0.25, 0.3) is 0 Å². The molecule has 0 radical (unpaired) electrons. The summed E-state index contributed by atoms with van der Waals surface area (Å²) in [5, 5.41) is 4.32. The van der Waals surface area contributed by atoms with Gasteiger partial charge in [0.05, 0.1) is 12.1 Å². The maximum absolute atomic E-state index is 12.0. The molecule has 0 bridgehead atoms. The fraction of sp³-hybridized carbons (Fsp3) is 0.118. The van der Waals surface area contributed by atoms with Crippen molar-refractivity contribution >= 4 is 16.8 Å². The van der Waals surface area contributed by atoms with Gasteiger partial charge in [0.1, 0.15) is 0 Å². The number of aromatic nitrogens is 1. The van der Waals surface area contributed by atoms with E-state index >= 15 is 0 Å². The van der Waals surface area contributed by atoms with Gasteiger partial charge in [0.15, 0.2) is 0 Å². The zero-order chi connectivity index (χ0) is 13.5. The van der Waals surface area contributed by atoms with Gasteiger partial charge in [0.2, 0.25) is 5.91 Å². The minimum atomic E-state index is 0.103. The van der Waals surface area contributed by atoms with Gasteiger partial charge < -0.3 is 5.32 Å². The predicted molar refractivity (Wildman–Crippen MR) is 79.7 cm³/mol. The standard InChI is InChI=1S/C17H14N2O/c20-16-11-18-10-15-9-14(12-4-2-1-3-5-12)8-13-6-7-19(16)17(13)15/h1-9,18H,10-11H2. The maximum atomic E-state index is 12.0. The molecule has 1 aliphatic heterocycles. The van der Waals surface area contributed by atoms with Crippen molar-refractivity contribution in [2.45, 2.75) is 6.54 Å². The molecule has 0 saturated carbocycles. The van der Waals surface area contributed by atoms with E-state index in [-0.39, 0.29) is 5.91 Å². The summed E-state index contributed by atoms with van der Waals surface area (Å²) in [7, 11) is 0. The van der Waals surface area contributed by atoms with Crippen LogP contribution in [0.3, 0.4) is 0 Å². The van der Waals surface area contributed by atoms with Crippen molar-refractivity contribution in [3.8, 4) is 11.1 Å². The molecule has 1 N–H and O–H groups in total. The number of nitrogens with zero attached hydrogens (tertiary/aromatic N) is 1. The number of carbonyl (C=O) groups excluding carboxylic acids is 1. The molecule has 2 heterocycles. The van der Waals surface area contributed by atoms with Crippen molar-refractivity contribution in [3.05, 3.63) is 60.3 Å². The van der Waals surface area contributed by atoms with E-state index in [2.05, 4.69) is 29.6 Å². The Morgan fingerprint density at radius 3 is 2.65 bits per heavy atom. The van der Waals surface area contributed by atoms with Gasteiger partial charge in [-0.2, -0.15) is 0 Å². The lowest BCUT2D eigenvalue weighted by atomic mass is 10.0. The average Bonchev–Trinajstić information content (AvgIpc) is 2.84. The molecule has 2 aromatic carbocycles. The third-order valence-corrected chi connectivity index (χ3v) is 3.83. The molecule has 0 atom stereocenters. The van der Waals surface area contributed by atoms with Crippen LogP contribution in [-0.2, 0) is 6.54 Å². The first kappa shape index (κ1) is 11.4. The smallest absolute Gasteiger partial charge is 0.245 e. The summed E-state index contributed by atoms with van der Waals surface area (Å²) in [5.74, 6) is 0.103. The number of hydrogen-bond acceptors (Lipinski definition) is 2. The van der Waals surface area contributed by atoms with Gasteiger partial charge in [-0.25, -0.2) is 0 Å². The van der Waals surface area contributed by atoms with Crippen LogP contribution in [0, 0.1) is 0 Å². The first-order valence-corrected chi connectivity index (χ1v) is 6.76. The number of carbonyl (C=O) groups is 1. The van der Waals surface area contributed by atoms with Crippen LogP contribution in [0.2, 0.25) is 0 Å². The molecule has 1 aromatic heterocycles. The Hall–Kier alpha value is -2.39. The first-order chi connectivity index (χ1) is 9.83. The molecule has 3 nitrogen and oxygen atoms in total. The second-order valence-corrected chi connectivity index (χ2v) is 5.12. The fourth-order valence-corrected chi connectivity index (χ4v) is 2.90. The van der Waals surface area contributed by atoms with Crippen LogP contribution in [0.5, 0.6) is 0 Å². The van der Waals surface area contributed by atoms with Crippen molar-refractivity contribution in [3.63, 3.8) is 0 Å². The Kier molecular flexibility index (Phi) is 2.47. The van der Waals surface area contributed by atoms with Crippen LogP contribution in [0.25, 0.3) is 22.0 Å². The molecule has 0 amide bonds. The highest BCUT2D eigenvalue weighted by Gasteiger charge is 2.17. The van der Waals surface area contributed by atoms with Crippen molar-refractivity contribution < 1.29 is 4.79 Å². The fourth-order valence-electron chi connectivity index (χ4n) is 2.90. The monoisotopic (exact) mass is 262 g/mol. The molecule has 0 spiro atoms. The minimum Gasteiger partial charge on any atom is -0.304 e. The van der Waals surface area contributed by atoms with E-state index in [1.165, 1.54) is 16.7 Å².